The average molecular weight is 561 g/mol. The van der Waals surface area contributed by atoms with Crippen LogP contribution in [-0.2, 0) is 10.0 Å². The van der Waals surface area contributed by atoms with Gasteiger partial charge in [-0.15, -0.1) is 5.10 Å². The van der Waals surface area contributed by atoms with Crippen molar-refractivity contribution in [3.63, 3.8) is 0 Å². The Balaban J connectivity index is 1.81. The van der Waals surface area contributed by atoms with Crippen LogP contribution < -0.4 is 10.3 Å². The Morgan fingerprint density at radius 3 is 2.49 bits per heavy atom. The Labute approximate surface area is 229 Å². The van der Waals surface area contributed by atoms with Gasteiger partial charge in [0.25, 0.3) is 5.56 Å². The van der Waals surface area contributed by atoms with Gasteiger partial charge in [-0.3, -0.25) is 4.79 Å². The number of aliphatic hydroxyl groups excluding tert-OH is 1. The normalized spacial score (nSPS) is 14.7. The second-order valence-electron chi connectivity index (χ2n) is 9.85. The fourth-order valence-corrected chi connectivity index (χ4v) is 6.75. The van der Waals surface area contributed by atoms with Gasteiger partial charge in [0.15, 0.2) is 11.3 Å². The van der Waals surface area contributed by atoms with Crippen LogP contribution in [0.4, 0.5) is 0 Å². The number of hydrogen-bond acceptors (Lipinski definition) is 8. The molecule has 3 aromatic rings. The van der Waals surface area contributed by atoms with Gasteiger partial charge in [-0.25, -0.2) is 17.9 Å². The van der Waals surface area contributed by atoms with Gasteiger partial charge >= 0.3 is 0 Å². The maximum absolute atomic E-state index is 13.7. The first kappa shape index (κ1) is 29.2. The Morgan fingerprint density at radius 2 is 1.85 bits per heavy atom. The summed E-state index contributed by atoms with van der Waals surface area (Å²) in [5.74, 6) is 1.61. The minimum atomic E-state index is -3.96. The SMILES string of the molecule is CCOc1ccc(S(=O)(=O)N(CCO)CCN(CC)CC)cc1-c1nn2c(C3CCCC3)nc(C)c2c(=O)[nH]1. The van der Waals surface area contributed by atoms with Crippen molar-refractivity contribution in [1.29, 1.82) is 0 Å². The maximum Gasteiger partial charge on any atom is 0.277 e. The number of aliphatic hydroxyl groups is 1. The molecule has 12 heteroatoms. The molecule has 1 saturated carbocycles. The van der Waals surface area contributed by atoms with Crippen molar-refractivity contribution in [2.45, 2.75) is 64.2 Å². The van der Waals surface area contributed by atoms with Crippen molar-refractivity contribution in [2.75, 3.05) is 45.9 Å². The number of ether oxygens (including phenoxy) is 1. The minimum Gasteiger partial charge on any atom is -0.493 e. The summed E-state index contributed by atoms with van der Waals surface area (Å²) in [6.45, 7) is 10.1. The van der Waals surface area contributed by atoms with Crippen LogP contribution in [0, 0.1) is 6.92 Å². The summed E-state index contributed by atoms with van der Waals surface area (Å²) >= 11 is 0. The first-order valence-electron chi connectivity index (χ1n) is 13.8. The van der Waals surface area contributed by atoms with Crippen LogP contribution in [0.5, 0.6) is 5.75 Å². The van der Waals surface area contributed by atoms with Crippen LogP contribution in [0.15, 0.2) is 27.9 Å². The second kappa shape index (κ2) is 12.6. The summed E-state index contributed by atoms with van der Waals surface area (Å²) < 4.78 is 36.2. The third-order valence-corrected chi connectivity index (χ3v) is 9.37. The van der Waals surface area contributed by atoms with Crippen molar-refractivity contribution in [2.24, 2.45) is 0 Å². The number of aryl methyl sites for hydroxylation is 1. The number of sulfonamides is 1. The fraction of sp³-hybridized carbons (Fsp3) is 0.593. The molecule has 1 fully saturated rings. The highest BCUT2D eigenvalue weighted by molar-refractivity contribution is 7.89. The predicted molar refractivity (Wildman–Crippen MR) is 150 cm³/mol. The molecule has 214 valence electrons. The number of nitrogens with zero attached hydrogens (tertiary/aromatic N) is 5. The molecule has 0 radical (unpaired) electrons. The van der Waals surface area contributed by atoms with Crippen LogP contribution in [0.3, 0.4) is 0 Å². The number of imidazole rings is 1. The van der Waals surface area contributed by atoms with E-state index in [0.29, 0.717) is 35.7 Å². The highest BCUT2D eigenvalue weighted by atomic mass is 32.2. The molecule has 11 nitrogen and oxygen atoms in total. The van der Waals surface area contributed by atoms with Gasteiger partial charge in [0.1, 0.15) is 11.6 Å². The standard InChI is InChI=1S/C27H40N6O5S/c1-5-31(6-2)14-15-32(16-17-34)39(36,37)21-12-13-23(38-7-3)22(18-21)25-29-27(35)24-19(4)28-26(33(24)30-25)20-10-8-9-11-20/h12-13,18,20,34H,5-11,14-17H2,1-4H3,(H,29,30,35). The lowest BCUT2D eigenvalue weighted by Crippen LogP contribution is -2.40. The Kier molecular flexibility index (Phi) is 9.42. The molecular formula is C27H40N6O5S. The average Bonchev–Trinajstić information content (AvgIpc) is 3.57. The number of likely N-dealkylation sites (N-methyl/N-ethyl adjacent to an activating group) is 1. The molecule has 0 saturated heterocycles. The largest absolute Gasteiger partial charge is 0.493 e. The number of aromatic amines is 1. The third kappa shape index (κ3) is 6.03. The third-order valence-electron chi connectivity index (χ3n) is 7.47. The van der Waals surface area contributed by atoms with Gasteiger partial charge in [-0.05, 0) is 58.0 Å². The van der Waals surface area contributed by atoms with E-state index < -0.39 is 10.0 Å². The highest BCUT2D eigenvalue weighted by Crippen LogP contribution is 2.35. The molecule has 0 aliphatic heterocycles. The van der Waals surface area contributed by atoms with Gasteiger partial charge in [-0.2, -0.15) is 4.31 Å². The number of aromatic nitrogens is 4. The maximum atomic E-state index is 13.7. The first-order valence-corrected chi connectivity index (χ1v) is 15.3. The van der Waals surface area contributed by atoms with E-state index in [9.17, 15) is 18.3 Å². The Hall–Kier alpha value is -2.80. The van der Waals surface area contributed by atoms with Crippen LogP contribution in [0.2, 0.25) is 0 Å². The Morgan fingerprint density at radius 1 is 1.13 bits per heavy atom. The number of hydrogen-bond donors (Lipinski definition) is 2. The molecule has 1 aliphatic carbocycles. The van der Waals surface area contributed by atoms with Crippen molar-refractivity contribution in [1.82, 2.24) is 28.8 Å². The van der Waals surface area contributed by atoms with Crippen LogP contribution >= 0.6 is 0 Å². The van der Waals surface area contributed by atoms with Gasteiger partial charge in [-0.1, -0.05) is 26.7 Å². The monoisotopic (exact) mass is 560 g/mol. The molecular weight excluding hydrogens is 520 g/mol. The lowest BCUT2D eigenvalue weighted by Gasteiger charge is -2.25. The lowest BCUT2D eigenvalue weighted by atomic mass is 10.1. The molecule has 0 unspecified atom stereocenters. The molecule has 2 heterocycles. The van der Waals surface area contributed by atoms with Gasteiger partial charge < -0.3 is 19.7 Å². The zero-order valence-electron chi connectivity index (χ0n) is 23.3. The summed E-state index contributed by atoms with van der Waals surface area (Å²) in [6.07, 6.45) is 4.21. The smallest absolute Gasteiger partial charge is 0.277 e. The van der Waals surface area contributed by atoms with Crippen molar-refractivity contribution >= 4 is 15.5 Å². The summed E-state index contributed by atoms with van der Waals surface area (Å²) in [4.78, 5) is 22.9. The van der Waals surface area contributed by atoms with E-state index in [1.165, 1.54) is 16.4 Å². The van der Waals surface area contributed by atoms with Crippen LogP contribution in [0.1, 0.15) is 63.9 Å². The molecule has 2 aromatic heterocycles. The topological polar surface area (TPSA) is 133 Å². The molecule has 4 rings (SSSR count). The van der Waals surface area contributed by atoms with Crippen molar-refractivity contribution < 1.29 is 18.3 Å². The number of fused-ring (bicyclic) bond motifs is 1. The number of rotatable bonds is 13. The zero-order chi connectivity index (χ0) is 28.2. The molecule has 2 N–H and O–H groups in total. The van der Waals surface area contributed by atoms with Gasteiger partial charge in [0, 0.05) is 25.6 Å². The second-order valence-corrected chi connectivity index (χ2v) is 11.8. The molecule has 0 bridgehead atoms. The van der Waals surface area contributed by atoms with E-state index in [1.54, 1.807) is 17.5 Å². The van der Waals surface area contributed by atoms with Crippen LogP contribution in [0.25, 0.3) is 16.9 Å². The summed E-state index contributed by atoms with van der Waals surface area (Å²) in [5.41, 5.74) is 1.04. The van der Waals surface area contributed by atoms with Crippen LogP contribution in [-0.4, -0.2) is 88.2 Å². The lowest BCUT2D eigenvalue weighted by molar-refractivity contribution is 0.229. The van der Waals surface area contributed by atoms with E-state index >= 15 is 0 Å². The molecule has 0 spiro atoms. The molecule has 39 heavy (non-hydrogen) atoms. The van der Waals surface area contributed by atoms with Gasteiger partial charge in [0.2, 0.25) is 10.0 Å². The highest BCUT2D eigenvalue weighted by Gasteiger charge is 2.28. The number of H-pyrrole nitrogens is 1. The summed E-state index contributed by atoms with van der Waals surface area (Å²) in [6, 6.07) is 4.58. The summed E-state index contributed by atoms with van der Waals surface area (Å²) in [5, 5.41) is 14.4. The van der Waals surface area contributed by atoms with Gasteiger partial charge in [0.05, 0.1) is 29.4 Å². The minimum absolute atomic E-state index is 0.0216. The zero-order valence-corrected chi connectivity index (χ0v) is 24.1. The molecule has 1 aliphatic rings. The van der Waals surface area contributed by atoms with Crippen molar-refractivity contribution in [3.8, 4) is 17.1 Å². The van der Waals surface area contributed by atoms with E-state index in [0.717, 1.165) is 44.6 Å². The number of nitrogens with one attached hydrogen (secondary N) is 1. The predicted octanol–water partition coefficient (Wildman–Crippen LogP) is 2.77. The van der Waals surface area contributed by atoms with E-state index in [-0.39, 0.29) is 41.9 Å². The molecule has 1 aromatic carbocycles. The van der Waals surface area contributed by atoms with E-state index in [1.807, 2.05) is 20.8 Å². The number of benzene rings is 1. The van der Waals surface area contributed by atoms with E-state index in [2.05, 4.69) is 9.88 Å². The fourth-order valence-electron chi connectivity index (χ4n) is 5.30. The first-order chi connectivity index (χ1) is 18.7. The van der Waals surface area contributed by atoms with Crippen molar-refractivity contribution in [3.05, 3.63) is 40.1 Å². The van der Waals surface area contributed by atoms with E-state index in [4.69, 9.17) is 14.8 Å². The molecule has 0 atom stereocenters. The summed E-state index contributed by atoms with van der Waals surface area (Å²) in [7, 11) is -3.96. The quantitative estimate of drug-likeness (QED) is 0.326. The molecule has 0 amide bonds. The Bertz CT molecular complexity index is 1440.